The molecular weight excluding hydrogens is 685 g/mol. The Morgan fingerprint density at radius 3 is 2.13 bits per heavy atom. The molecule has 10 N–H and O–H groups in total. The summed E-state index contributed by atoms with van der Waals surface area (Å²) < 4.78 is 0. The van der Waals surface area contributed by atoms with Gasteiger partial charge in [-0.1, -0.05) is 65.2 Å². The predicted molar refractivity (Wildman–Crippen MR) is 204 cm³/mol. The number of rotatable bonds is 12. The third-order valence-electron chi connectivity index (χ3n) is 9.74. The molecule has 52 heavy (non-hydrogen) atoms. The summed E-state index contributed by atoms with van der Waals surface area (Å²) in [5.41, 5.74) is 13.0. The number of aromatic nitrogens is 1. The minimum atomic E-state index is -1.26. The van der Waals surface area contributed by atoms with Gasteiger partial charge in [-0.15, -0.1) is 0 Å². The summed E-state index contributed by atoms with van der Waals surface area (Å²) in [6.07, 6.45) is 5.46. The first kappa shape index (κ1) is 42.3. The molecule has 2 aromatic rings. The summed E-state index contributed by atoms with van der Waals surface area (Å²) >= 11 is 1.57. The maximum atomic E-state index is 14.0. The molecule has 15 heteroatoms. The molecule has 0 spiro atoms. The molecular formula is C37H58N8O6S. The lowest BCUT2D eigenvalue weighted by Gasteiger charge is -2.31. The van der Waals surface area contributed by atoms with Crippen molar-refractivity contribution in [2.24, 2.45) is 23.3 Å². The highest BCUT2D eigenvalue weighted by atomic mass is 32.2. The highest BCUT2D eigenvalue weighted by Crippen LogP contribution is 2.20. The zero-order chi connectivity index (χ0) is 38.2. The second-order valence-corrected chi connectivity index (χ2v) is 15.0. The number of amides is 6. The molecule has 1 aliphatic rings. The molecule has 1 aliphatic heterocycles. The Bertz CT molecular complexity index is 1520. The van der Waals surface area contributed by atoms with Crippen molar-refractivity contribution in [1.29, 1.82) is 0 Å². The van der Waals surface area contributed by atoms with Crippen molar-refractivity contribution >= 4 is 58.1 Å². The molecule has 7 atom stereocenters. The number of hydrogen-bond donors (Lipinski definition) is 8. The van der Waals surface area contributed by atoms with Crippen LogP contribution in [0.25, 0.3) is 10.9 Å². The van der Waals surface area contributed by atoms with Crippen LogP contribution in [0.4, 0.5) is 0 Å². The number of aromatic amines is 1. The minimum absolute atomic E-state index is 0.174. The number of primary amides is 1. The average Bonchev–Trinajstić information content (AvgIpc) is 3.53. The normalized spacial score (nSPS) is 24.5. The molecule has 0 radical (unpaired) electrons. The second-order valence-electron chi connectivity index (χ2n) is 13.8. The molecule has 288 valence electrons. The van der Waals surface area contributed by atoms with Gasteiger partial charge < -0.3 is 43.0 Å². The van der Waals surface area contributed by atoms with Gasteiger partial charge in [-0.2, -0.15) is 11.8 Å². The first-order valence-electron chi connectivity index (χ1n) is 18.5. The molecule has 6 amide bonds. The SMILES string of the molecule is CC[C@H](C)C1NC(=O)[C@H]([C@@H](C)CC)NC(=O)[C@@H](Cc2c[nH]c3ccccc23)NC(=O)CCCSC[C@@H](CCCCN)NC(=O)[C@H](CC(N)=O)NC1=O. The van der Waals surface area contributed by atoms with Crippen LogP contribution in [0.5, 0.6) is 0 Å². The number of hydrogen-bond acceptors (Lipinski definition) is 8. The molecule has 1 saturated heterocycles. The van der Waals surface area contributed by atoms with Gasteiger partial charge in [0, 0.05) is 41.7 Å². The number of para-hydroxylation sites is 1. The van der Waals surface area contributed by atoms with Gasteiger partial charge in [-0.25, -0.2) is 0 Å². The van der Waals surface area contributed by atoms with E-state index in [2.05, 4.69) is 31.6 Å². The van der Waals surface area contributed by atoms with Gasteiger partial charge in [0.1, 0.15) is 24.2 Å². The molecule has 3 rings (SSSR count). The number of carbonyl (C=O) groups is 6. The number of fused-ring (bicyclic) bond motifs is 1. The van der Waals surface area contributed by atoms with Crippen molar-refractivity contribution in [2.75, 3.05) is 18.1 Å². The van der Waals surface area contributed by atoms with Crippen LogP contribution in [-0.2, 0) is 35.2 Å². The van der Waals surface area contributed by atoms with E-state index in [0.29, 0.717) is 43.7 Å². The topological polar surface area (TPSA) is 230 Å². The predicted octanol–water partition coefficient (Wildman–Crippen LogP) is 1.76. The maximum Gasteiger partial charge on any atom is 0.243 e. The summed E-state index contributed by atoms with van der Waals surface area (Å²) in [4.78, 5) is 84.0. The van der Waals surface area contributed by atoms with Crippen molar-refractivity contribution in [3.63, 3.8) is 0 Å². The number of unbranched alkanes of at least 4 members (excludes halogenated alkanes) is 1. The van der Waals surface area contributed by atoms with Gasteiger partial charge in [0.05, 0.1) is 6.42 Å². The van der Waals surface area contributed by atoms with E-state index >= 15 is 0 Å². The Balaban J connectivity index is 1.98. The van der Waals surface area contributed by atoms with Gasteiger partial charge in [-0.05, 0) is 55.0 Å². The average molecular weight is 743 g/mol. The number of nitrogens with two attached hydrogens (primary N) is 2. The lowest BCUT2D eigenvalue weighted by molar-refractivity contribution is -0.136. The smallest absolute Gasteiger partial charge is 0.243 e. The second kappa shape index (κ2) is 21.4. The summed E-state index contributed by atoms with van der Waals surface area (Å²) in [7, 11) is 0. The molecule has 1 aromatic carbocycles. The van der Waals surface area contributed by atoms with Crippen LogP contribution >= 0.6 is 11.8 Å². The lowest BCUT2D eigenvalue weighted by Crippen LogP contribution is -2.61. The summed E-state index contributed by atoms with van der Waals surface area (Å²) in [6.45, 7) is 7.87. The Kier molecular flexibility index (Phi) is 17.4. The molecule has 0 saturated carbocycles. The molecule has 1 unspecified atom stereocenters. The summed E-state index contributed by atoms with van der Waals surface area (Å²) in [5, 5.41) is 15.2. The van der Waals surface area contributed by atoms with E-state index in [1.54, 1.807) is 18.7 Å². The Morgan fingerprint density at radius 1 is 0.846 bits per heavy atom. The summed E-state index contributed by atoms with van der Waals surface area (Å²) in [5.74, 6) is -2.94. The molecule has 0 aliphatic carbocycles. The van der Waals surface area contributed by atoms with Crippen molar-refractivity contribution in [1.82, 2.24) is 31.6 Å². The van der Waals surface area contributed by atoms with Gasteiger partial charge in [-0.3, -0.25) is 28.8 Å². The third kappa shape index (κ3) is 12.8. The van der Waals surface area contributed by atoms with Crippen LogP contribution in [0.3, 0.4) is 0 Å². The molecule has 1 fully saturated rings. The van der Waals surface area contributed by atoms with E-state index in [1.807, 2.05) is 51.2 Å². The minimum Gasteiger partial charge on any atom is -0.370 e. The van der Waals surface area contributed by atoms with Crippen molar-refractivity contribution in [3.05, 3.63) is 36.0 Å². The van der Waals surface area contributed by atoms with Crippen LogP contribution in [0.1, 0.15) is 84.6 Å². The molecule has 0 bridgehead atoms. The number of carbonyl (C=O) groups excluding carboxylic acids is 6. The van der Waals surface area contributed by atoms with Crippen LogP contribution in [0.2, 0.25) is 0 Å². The number of benzene rings is 1. The zero-order valence-electron chi connectivity index (χ0n) is 30.9. The van der Waals surface area contributed by atoms with Crippen LogP contribution in [0, 0.1) is 11.8 Å². The highest BCUT2D eigenvalue weighted by molar-refractivity contribution is 7.99. The van der Waals surface area contributed by atoms with E-state index in [4.69, 9.17) is 11.5 Å². The molecule has 2 heterocycles. The van der Waals surface area contributed by atoms with Crippen molar-refractivity contribution in [3.8, 4) is 0 Å². The van der Waals surface area contributed by atoms with Crippen LogP contribution < -0.4 is 38.1 Å². The van der Waals surface area contributed by atoms with Crippen molar-refractivity contribution in [2.45, 2.75) is 116 Å². The number of thioether (sulfide) groups is 1. The third-order valence-corrected chi connectivity index (χ3v) is 11.0. The van der Waals surface area contributed by atoms with Gasteiger partial charge in [0.25, 0.3) is 0 Å². The highest BCUT2D eigenvalue weighted by Gasteiger charge is 2.36. The standard InChI is InChI=1S/C37H58N8O6S/c1-5-22(3)32-36(50)43-29(19-30(39)46)34(48)41-25(12-9-10-16-38)21-52-17-11-15-31(47)42-28(18-24-20-40-27-14-8-7-13-26(24)27)35(49)44-33(23(4)6-2)37(51)45-32/h7-8,13-14,20,22-23,25,28-29,32-33,40H,5-6,9-12,15-19,21,38H2,1-4H3,(H2,39,46)(H,41,48)(H,42,47)(H,43,50)(H,44,49)(H,45,51)/t22-,23-,25+,28+,29-,32?,33-/m0/s1. The van der Waals surface area contributed by atoms with Gasteiger partial charge in [0.2, 0.25) is 35.4 Å². The summed E-state index contributed by atoms with van der Waals surface area (Å²) in [6, 6.07) is 3.02. The largest absolute Gasteiger partial charge is 0.370 e. The first-order chi connectivity index (χ1) is 24.9. The zero-order valence-corrected chi connectivity index (χ0v) is 31.7. The maximum absolute atomic E-state index is 14.0. The van der Waals surface area contributed by atoms with Crippen LogP contribution in [-0.4, -0.2) is 88.7 Å². The fourth-order valence-corrected chi connectivity index (χ4v) is 7.21. The quantitative estimate of drug-likeness (QED) is 0.149. The van der Waals surface area contributed by atoms with E-state index < -0.39 is 60.1 Å². The lowest BCUT2D eigenvalue weighted by atomic mass is 9.94. The van der Waals surface area contributed by atoms with Crippen molar-refractivity contribution < 1.29 is 28.8 Å². The molecule has 14 nitrogen and oxygen atoms in total. The first-order valence-corrected chi connectivity index (χ1v) is 19.7. The monoisotopic (exact) mass is 742 g/mol. The van der Waals surface area contributed by atoms with E-state index in [9.17, 15) is 28.8 Å². The van der Waals surface area contributed by atoms with E-state index in [0.717, 1.165) is 29.3 Å². The fourth-order valence-electron chi connectivity index (χ4n) is 6.16. The van der Waals surface area contributed by atoms with Gasteiger partial charge in [0.15, 0.2) is 0 Å². The Labute approximate surface area is 310 Å². The Morgan fingerprint density at radius 2 is 1.48 bits per heavy atom. The fraction of sp³-hybridized carbons (Fsp3) is 0.622. The van der Waals surface area contributed by atoms with Crippen LogP contribution in [0.15, 0.2) is 30.5 Å². The Hall–Kier alpha value is -4.11. The number of H-pyrrole nitrogens is 1. The van der Waals surface area contributed by atoms with E-state index in [1.165, 1.54) is 0 Å². The molecule has 1 aromatic heterocycles. The van der Waals surface area contributed by atoms with Gasteiger partial charge >= 0.3 is 0 Å². The number of nitrogens with one attached hydrogen (secondary N) is 6. The van der Waals surface area contributed by atoms with E-state index in [-0.39, 0.29) is 36.6 Å².